The molecule has 0 bridgehead atoms. The first-order chi connectivity index (χ1) is 9.42. The molecule has 0 saturated heterocycles. The zero-order valence-electron chi connectivity index (χ0n) is 10.0. The van der Waals surface area contributed by atoms with Crippen molar-refractivity contribution in [3.05, 3.63) is 51.6 Å². The second-order valence-corrected chi connectivity index (χ2v) is 6.81. The lowest BCUT2D eigenvalue weighted by molar-refractivity contribution is 0.281. The van der Waals surface area contributed by atoms with Gasteiger partial charge in [0.2, 0.25) is 0 Å². The van der Waals surface area contributed by atoms with Crippen molar-refractivity contribution in [3.63, 3.8) is 0 Å². The number of benzene rings is 1. The van der Waals surface area contributed by atoms with E-state index in [-0.39, 0.29) is 11.6 Å². The Morgan fingerprint density at radius 2 is 2.05 bits per heavy atom. The van der Waals surface area contributed by atoms with Gasteiger partial charge < -0.3 is 5.11 Å². The molecule has 0 fully saturated rings. The summed E-state index contributed by atoms with van der Waals surface area (Å²) >= 11 is 9.07. The molecular formula is C12H10BrClN2O3S. The van der Waals surface area contributed by atoms with Crippen LogP contribution >= 0.6 is 27.5 Å². The highest BCUT2D eigenvalue weighted by atomic mass is 79.9. The molecule has 0 aliphatic rings. The molecule has 0 saturated carbocycles. The molecule has 1 aromatic carbocycles. The fraction of sp³-hybridized carbons (Fsp3) is 0.0833. The summed E-state index contributed by atoms with van der Waals surface area (Å²) in [4.78, 5) is 3.81. The Kier molecular flexibility index (Phi) is 4.64. The number of nitrogens with one attached hydrogen (secondary N) is 1. The van der Waals surface area contributed by atoms with Gasteiger partial charge in [-0.25, -0.2) is 4.98 Å². The van der Waals surface area contributed by atoms with Crippen LogP contribution in [0.25, 0.3) is 0 Å². The van der Waals surface area contributed by atoms with E-state index in [0.29, 0.717) is 20.7 Å². The number of hydrogen-bond donors (Lipinski definition) is 2. The third kappa shape index (κ3) is 3.49. The molecule has 0 atom stereocenters. The zero-order valence-corrected chi connectivity index (χ0v) is 13.2. The van der Waals surface area contributed by atoms with Gasteiger partial charge in [-0.3, -0.25) is 4.72 Å². The number of aliphatic hydroxyl groups excluding tert-OH is 1. The molecule has 0 unspecified atom stereocenters. The standard InChI is InChI=1S/C12H10BrClN2O3S/c13-10-3-2-9(14)5-11(10)16-20(18,19)12-4-1-8(7-17)6-15-12/h1-6,16-17H,7H2. The van der Waals surface area contributed by atoms with Crippen LogP contribution in [0.15, 0.2) is 46.0 Å². The van der Waals surface area contributed by atoms with Gasteiger partial charge in [0.1, 0.15) is 0 Å². The van der Waals surface area contributed by atoms with E-state index in [0.717, 1.165) is 0 Å². The van der Waals surface area contributed by atoms with E-state index >= 15 is 0 Å². The van der Waals surface area contributed by atoms with Crippen LogP contribution < -0.4 is 4.72 Å². The Morgan fingerprint density at radius 3 is 2.65 bits per heavy atom. The summed E-state index contributed by atoms with van der Waals surface area (Å²) in [6.07, 6.45) is 1.31. The minimum Gasteiger partial charge on any atom is -0.392 e. The summed E-state index contributed by atoms with van der Waals surface area (Å²) in [5.41, 5.74) is 0.860. The molecule has 8 heteroatoms. The van der Waals surface area contributed by atoms with Crippen molar-refractivity contribution in [2.75, 3.05) is 4.72 Å². The molecule has 1 aromatic heterocycles. The molecule has 0 amide bonds. The number of aliphatic hydroxyl groups is 1. The Morgan fingerprint density at radius 1 is 1.30 bits per heavy atom. The minimum absolute atomic E-state index is 0.137. The summed E-state index contributed by atoms with van der Waals surface area (Å²) in [5, 5.41) is 9.18. The highest BCUT2D eigenvalue weighted by Gasteiger charge is 2.17. The number of nitrogens with zero attached hydrogens (tertiary/aromatic N) is 1. The maximum Gasteiger partial charge on any atom is 0.279 e. The first-order valence-electron chi connectivity index (χ1n) is 5.46. The van der Waals surface area contributed by atoms with Crippen molar-refractivity contribution in [2.45, 2.75) is 11.6 Å². The number of aromatic nitrogens is 1. The van der Waals surface area contributed by atoms with Crippen molar-refractivity contribution in [1.82, 2.24) is 4.98 Å². The van der Waals surface area contributed by atoms with Gasteiger partial charge in [-0.2, -0.15) is 8.42 Å². The van der Waals surface area contributed by atoms with Crippen LogP contribution in [-0.4, -0.2) is 18.5 Å². The minimum atomic E-state index is -3.81. The topological polar surface area (TPSA) is 79.3 Å². The molecule has 1 heterocycles. The molecular weight excluding hydrogens is 368 g/mol. The predicted molar refractivity (Wildman–Crippen MR) is 80.1 cm³/mol. The molecule has 2 aromatic rings. The highest BCUT2D eigenvalue weighted by Crippen LogP contribution is 2.27. The fourth-order valence-electron chi connectivity index (χ4n) is 1.44. The number of pyridine rings is 1. The van der Waals surface area contributed by atoms with Gasteiger partial charge in [0, 0.05) is 15.7 Å². The Hall–Kier alpha value is -1.15. The Bertz CT molecular complexity index is 720. The van der Waals surface area contributed by atoms with E-state index in [1.54, 1.807) is 12.1 Å². The van der Waals surface area contributed by atoms with Gasteiger partial charge >= 0.3 is 0 Å². The maximum absolute atomic E-state index is 12.2. The van der Waals surface area contributed by atoms with E-state index in [1.807, 2.05) is 0 Å². The number of hydrogen-bond acceptors (Lipinski definition) is 4. The van der Waals surface area contributed by atoms with E-state index in [4.69, 9.17) is 16.7 Å². The smallest absolute Gasteiger partial charge is 0.279 e. The van der Waals surface area contributed by atoms with Gasteiger partial charge in [0.15, 0.2) is 5.03 Å². The second kappa shape index (κ2) is 6.09. The third-order valence-electron chi connectivity index (χ3n) is 2.43. The van der Waals surface area contributed by atoms with E-state index < -0.39 is 10.0 Å². The first kappa shape index (κ1) is 15.2. The third-order valence-corrected chi connectivity index (χ3v) is 4.64. The van der Waals surface area contributed by atoms with Gasteiger partial charge in [-0.15, -0.1) is 0 Å². The second-order valence-electron chi connectivity index (χ2n) is 3.89. The predicted octanol–water partition coefficient (Wildman–Crippen LogP) is 2.79. The van der Waals surface area contributed by atoms with Gasteiger partial charge in [0.05, 0.1) is 12.3 Å². The molecule has 5 nitrogen and oxygen atoms in total. The average Bonchev–Trinajstić information content (AvgIpc) is 2.43. The lowest BCUT2D eigenvalue weighted by atomic mass is 10.3. The molecule has 2 N–H and O–H groups in total. The van der Waals surface area contributed by atoms with Crippen molar-refractivity contribution in [2.24, 2.45) is 0 Å². The normalized spacial score (nSPS) is 11.3. The van der Waals surface area contributed by atoms with Crippen molar-refractivity contribution < 1.29 is 13.5 Å². The van der Waals surface area contributed by atoms with Crippen LogP contribution in [0.2, 0.25) is 5.02 Å². The molecule has 20 heavy (non-hydrogen) atoms. The van der Waals surface area contributed by atoms with Crippen LogP contribution in [0.1, 0.15) is 5.56 Å². The summed E-state index contributed by atoms with van der Waals surface area (Å²) in [5.74, 6) is 0. The van der Waals surface area contributed by atoms with Crippen molar-refractivity contribution >= 4 is 43.2 Å². The molecule has 0 aliphatic carbocycles. The molecule has 0 radical (unpaired) electrons. The SMILES string of the molecule is O=S(=O)(Nc1cc(Cl)ccc1Br)c1ccc(CO)cn1. The number of halogens is 2. The van der Waals surface area contributed by atoms with Crippen LogP contribution in [0, 0.1) is 0 Å². The molecule has 106 valence electrons. The van der Waals surface area contributed by atoms with Gasteiger partial charge in [-0.1, -0.05) is 17.7 Å². The Labute approximate surface area is 129 Å². The lowest BCUT2D eigenvalue weighted by Crippen LogP contribution is -2.15. The van der Waals surface area contributed by atoms with E-state index in [9.17, 15) is 8.42 Å². The lowest BCUT2D eigenvalue weighted by Gasteiger charge is -2.09. The molecule has 0 spiro atoms. The van der Waals surface area contributed by atoms with E-state index in [2.05, 4.69) is 25.6 Å². The zero-order chi connectivity index (χ0) is 14.8. The quantitative estimate of drug-likeness (QED) is 0.858. The van der Waals surface area contributed by atoms with E-state index in [1.165, 1.54) is 24.4 Å². The summed E-state index contributed by atoms with van der Waals surface area (Å²) < 4.78 is 27.3. The van der Waals surface area contributed by atoms with Gasteiger partial charge in [0.25, 0.3) is 10.0 Å². The molecule has 2 rings (SSSR count). The summed E-state index contributed by atoms with van der Waals surface area (Å²) in [6, 6.07) is 7.59. The number of sulfonamides is 1. The van der Waals surface area contributed by atoms with Crippen molar-refractivity contribution in [3.8, 4) is 0 Å². The van der Waals surface area contributed by atoms with Crippen LogP contribution in [0.3, 0.4) is 0 Å². The summed E-state index contributed by atoms with van der Waals surface area (Å²) in [6.45, 7) is -0.194. The van der Waals surface area contributed by atoms with Crippen LogP contribution in [-0.2, 0) is 16.6 Å². The van der Waals surface area contributed by atoms with Crippen molar-refractivity contribution in [1.29, 1.82) is 0 Å². The largest absolute Gasteiger partial charge is 0.392 e. The maximum atomic E-state index is 12.2. The first-order valence-corrected chi connectivity index (χ1v) is 8.11. The van der Waals surface area contributed by atoms with Crippen LogP contribution in [0.5, 0.6) is 0 Å². The Balaban J connectivity index is 2.32. The highest BCUT2D eigenvalue weighted by molar-refractivity contribution is 9.10. The van der Waals surface area contributed by atoms with Crippen LogP contribution in [0.4, 0.5) is 5.69 Å². The number of rotatable bonds is 4. The monoisotopic (exact) mass is 376 g/mol. The number of anilines is 1. The van der Waals surface area contributed by atoms with Gasteiger partial charge in [-0.05, 0) is 45.8 Å². The summed E-state index contributed by atoms with van der Waals surface area (Å²) in [7, 11) is -3.81. The average molecular weight is 378 g/mol. The molecule has 0 aliphatic heterocycles. The fourth-order valence-corrected chi connectivity index (χ4v) is 3.09.